The minimum Gasteiger partial charge on any atom is -0.370 e. The first-order chi connectivity index (χ1) is 7.92. The molecule has 3 amide bonds. The van der Waals surface area contributed by atoms with Gasteiger partial charge < -0.3 is 21.7 Å². The normalized spacial score (nSPS) is 11.7. The van der Waals surface area contributed by atoms with Crippen LogP contribution in [-0.2, 0) is 14.4 Å². The van der Waals surface area contributed by atoms with Crippen LogP contribution in [0, 0.1) is 0 Å². The smallest absolute Gasteiger partial charge is 0.240 e. The number of hydrogen-bond donors (Lipinski definition) is 3. The molecule has 98 valence electrons. The molecule has 0 aromatic carbocycles. The van der Waals surface area contributed by atoms with E-state index in [9.17, 15) is 14.4 Å². The van der Waals surface area contributed by atoms with Gasteiger partial charge in [0.05, 0.1) is 19.0 Å². The maximum atomic E-state index is 11.8. The highest BCUT2D eigenvalue weighted by molar-refractivity contribution is 5.90. The zero-order valence-electron chi connectivity index (χ0n) is 10.2. The van der Waals surface area contributed by atoms with E-state index in [2.05, 4.69) is 5.32 Å². The fourth-order valence-corrected chi connectivity index (χ4v) is 1.33. The van der Waals surface area contributed by atoms with Gasteiger partial charge in [0, 0.05) is 13.6 Å². The number of nitrogens with zero attached hydrogens (tertiary/aromatic N) is 1. The first-order valence-corrected chi connectivity index (χ1v) is 5.45. The van der Waals surface area contributed by atoms with Crippen molar-refractivity contribution < 1.29 is 14.4 Å². The predicted molar refractivity (Wildman–Crippen MR) is 62.7 cm³/mol. The maximum Gasteiger partial charge on any atom is 0.240 e. The van der Waals surface area contributed by atoms with Gasteiger partial charge in [0.2, 0.25) is 17.7 Å². The summed E-state index contributed by atoms with van der Waals surface area (Å²) in [5.41, 5.74) is 10.5. The molecule has 7 heteroatoms. The van der Waals surface area contributed by atoms with Crippen molar-refractivity contribution in [3.05, 3.63) is 0 Å². The second-order valence-electron chi connectivity index (χ2n) is 3.71. The molecule has 0 heterocycles. The number of rotatable bonds is 7. The summed E-state index contributed by atoms with van der Waals surface area (Å²) >= 11 is 0. The van der Waals surface area contributed by atoms with Gasteiger partial charge in [-0.15, -0.1) is 0 Å². The van der Waals surface area contributed by atoms with Gasteiger partial charge in [-0.25, -0.2) is 0 Å². The molecule has 0 aliphatic carbocycles. The van der Waals surface area contributed by atoms with E-state index in [-0.39, 0.29) is 18.9 Å². The van der Waals surface area contributed by atoms with E-state index in [4.69, 9.17) is 11.5 Å². The molecule has 7 nitrogen and oxygen atoms in total. The fraction of sp³-hybridized carbons (Fsp3) is 0.700. The molecule has 0 fully saturated rings. The van der Waals surface area contributed by atoms with Crippen molar-refractivity contribution in [3.63, 3.8) is 0 Å². The average Bonchev–Trinajstić information content (AvgIpc) is 2.26. The first kappa shape index (κ1) is 15.4. The van der Waals surface area contributed by atoms with Crippen LogP contribution in [0.15, 0.2) is 0 Å². The zero-order chi connectivity index (χ0) is 13.4. The lowest BCUT2D eigenvalue weighted by Crippen LogP contribution is -2.49. The van der Waals surface area contributed by atoms with Crippen LogP contribution >= 0.6 is 0 Å². The third-order valence-electron chi connectivity index (χ3n) is 2.16. The van der Waals surface area contributed by atoms with E-state index < -0.39 is 17.9 Å². The highest BCUT2D eigenvalue weighted by Gasteiger charge is 2.23. The van der Waals surface area contributed by atoms with E-state index in [1.807, 2.05) is 6.92 Å². The highest BCUT2D eigenvalue weighted by Crippen LogP contribution is 1.99. The average molecular weight is 244 g/mol. The minimum atomic E-state index is -0.983. The summed E-state index contributed by atoms with van der Waals surface area (Å²) in [6, 6.07) is -0.983. The summed E-state index contributed by atoms with van der Waals surface area (Å²) in [5, 5.41) is 2.42. The van der Waals surface area contributed by atoms with Gasteiger partial charge in [-0.3, -0.25) is 14.4 Å². The number of nitrogens with two attached hydrogens (primary N) is 2. The molecule has 0 radical (unpaired) electrons. The molecule has 0 aliphatic rings. The van der Waals surface area contributed by atoms with Crippen LogP contribution in [0.3, 0.4) is 0 Å². The third-order valence-corrected chi connectivity index (χ3v) is 2.16. The van der Waals surface area contributed by atoms with Gasteiger partial charge >= 0.3 is 0 Å². The van der Waals surface area contributed by atoms with Crippen LogP contribution in [0.5, 0.6) is 0 Å². The SMILES string of the molecule is CCCN(CC(=O)NC)C(=O)C(N)CC(N)=O. The van der Waals surface area contributed by atoms with Crippen molar-refractivity contribution in [2.45, 2.75) is 25.8 Å². The van der Waals surface area contributed by atoms with Crippen molar-refractivity contribution in [1.82, 2.24) is 10.2 Å². The van der Waals surface area contributed by atoms with Crippen molar-refractivity contribution in [2.75, 3.05) is 20.1 Å². The van der Waals surface area contributed by atoms with Gasteiger partial charge in [-0.2, -0.15) is 0 Å². The second kappa shape index (κ2) is 7.61. The molecule has 0 aromatic rings. The highest BCUT2D eigenvalue weighted by atomic mass is 16.2. The molecule has 0 spiro atoms. The molecule has 0 aliphatic heterocycles. The molecule has 1 atom stereocenters. The topological polar surface area (TPSA) is 119 Å². The number of likely N-dealkylation sites (N-methyl/N-ethyl adjacent to an activating group) is 1. The lowest BCUT2D eigenvalue weighted by Gasteiger charge is -2.24. The summed E-state index contributed by atoms with van der Waals surface area (Å²) in [7, 11) is 1.49. The van der Waals surface area contributed by atoms with E-state index in [0.29, 0.717) is 13.0 Å². The predicted octanol–water partition coefficient (Wildman–Crippen LogP) is -1.83. The van der Waals surface area contributed by atoms with Crippen LogP contribution in [-0.4, -0.2) is 48.8 Å². The van der Waals surface area contributed by atoms with E-state index in [0.717, 1.165) is 0 Å². The molecule has 0 bridgehead atoms. The zero-order valence-corrected chi connectivity index (χ0v) is 10.2. The summed E-state index contributed by atoms with van der Waals surface area (Å²) in [4.78, 5) is 35.0. The quantitative estimate of drug-likeness (QED) is 0.488. The molecule has 0 saturated carbocycles. The Kier molecular flexibility index (Phi) is 6.88. The van der Waals surface area contributed by atoms with Gasteiger partial charge in [-0.05, 0) is 6.42 Å². The van der Waals surface area contributed by atoms with E-state index in [1.54, 1.807) is 0 Å². The van der Waals surface area contributed by atoms with Crippen molar-refractivity contribution in [3.8, 4) is 0 Å². The summed E-state index contributed by atoms with van der Waals surface area (Å²) < 4.78 is 0. The summed E-state index contributed by atoms with van der Waals surface area (Å²) in [5.74, 6) is -1.35. The minimum absolute atomic E-state index is 0.0599. The molecule has 0 rings (SSSR count). The van der Waals surface area contributed by atoms with Crippen molar-refractivity contribution >= 4 is 17.7 Å². The third kappa shape index (κ3) is 5.86. The number of amides is 3. The summed E-state index contributed by atoms with van der Waals surface area (Å²) in [6.45, 7) is 2.23. The first-order valence-electron chi connectivity index (χ1n) is 5.45. The Bertz CT molecular complexity index is 293. The lowest BCUT2D eigenvalue weighted by atomic mass is 10.2. The van der Waals surface area contributed by atoms with Crippen LogP contribution in [0.25, 0.3) is 0 Å². The van der Waals surface area contributed by atoms with Gasteiger partial charge in [-0.1, -0.05) is 6.92 Å². The van der Waals surface area contributed by atoms with Crippen LogP contribution in [0.2, 0.25) is 0 Å². The Balaban J connectivity index is 4.52. The van der Waals surface area contributed by atoms with Gasteiger partial charge in [0.15, 0.2) is 0 Å². The molecule has 17 heavy (non-hydrogen) atoms. The molecule has 0 saturated heterocycles. The summed E-state index contributed by atoms with van der Waals surface area (Å²) in [6.07, 6.45) is 0.485. The maximum absolute atomic E-state index is 11.8. The molecular formula is C10H20N4O3. The number of carbonyl (C=O) groups is 3. The van der Waals surface area contributed by atoms with Crippen LogP contribution in [0.1, 0.15) is 19.8 Å². The van der Waals surface area contributed by atoms with Crippen molar-refractivity contribution in [2.24, 2.45) is 11.5 Å². The standard InChI is InChI=1S/C10H20N4O3/c1-3-4-14(6-9(16)13-2)10(17)7(11)5-8(12)15/h7H,3-6,11H2,1-2H3,(H2,12,15)(H,13,16). The van der Waals surface area contributed by atoms with Crippen molar-refractivity contribution in [1.29, 1.82) is 0 Å². The van der Waals surface area contributed by atoms with E-state index >= 15 is 0 Å². The number of hydrogen-bond acceptors (Lipinski definition) is 4. The number of carbonyl (C=O) groups excluding carboxylic acids is 3. The second-order valence-corrected chi connectivity index (χ2v) is 3.71. The Morgan fingerprint density at radius 3 is 2.35 bits per heavy atom. The molecule has 0 aromatic heterocycles. The van der Waals surface area contributed by atoms with Crippen LogP contribution < -0.4 is 16.8 Å². The Labute approximate surface area is 100 Å². The number of primary amides is 1. The molecule has 5 N–H and O–H groups in total. The fourth-order valence-electron chi connectivity index (χ4n) is 1.33. The van der Waals surface area contributed by atoms with Gasteiger partial charge in [0.1, 0.15) is 0 Å². The van der Waals surface area contributed by atoms with Gasteiger partial charge in [0.25, 0.3) is 0 Å². The van der Waals surface area contributed by atoms with Crippen LogP contribution in [0.4, 0.5) is 0 Å². The lowest BCUT2D eigenvalue weighted by molar-refractivity contribution is -0.138. The molecule has 1 unspecified atom stereocenters. The Morgan fingerprint density at radius 2 is 1.94 bits per heavy atom. The molecular weight excluding hydrogens is 224 g/mol. The Morgan fingerprint density at radius 1 is 1.35 bits per heavy atom. The van der Waals surface area contributed by atoms with E-state index in [1.165, 1.54) is 11.9 Å². The monoisotopic (exact) mass is 244 g/mol. The Hall–Kier alpha value is -1.63. The number of nitrogens with one attached hydrogen (secondary N) is 1. The largest absolute Gasteiger partial charge is 0.370 e.